The van der Waals surface area contributed by atoms with Gasteiger partial charge in [-0.3, -0.25) is 4.79 Å². The summed E-state index contributed by atoms with van der Waals surface area (Å²) in [5.74, 6) is 6.27. The lowest BCUT2D eigenvalue weighted by molar-refractivity contribution is -0.143. The maximum absolute atomic E-state index is 11.5. The number of unbranched alkanes of at least 4 members (excludes halogenated alkanes) is 10. The zero-order valence-corrected chi connectivity index (χ0v) is 14.9. The average molecular weight is 309 g/mol. The number of hydrogen-bond donors (Lipinski definition) is 0. The third-order valence-corrected chi connectivity index (χ3v) is 3.75. The van der Waals surface area contributed by atoms with E-state index in [-0.39, 0.29) is 5.97 Å². The molecule has 0 heterocycles. The molecule has 0 saturated carbocycles. The molecule has 0 aromatic carbocycles. The van der Waals surface area contributed by atoms with Gasteiger partial charge in [-0.25, -0.2) is 0 Å². The SMILES string of the molecule is CCC#CCCCCCCCCOC(=O)CCCCCCC. The first-order valence-electron chi connectivity index (χ1n) is 9.42. The van der Waals surface area contributed by atoms with Crippen molar-refractivity contribution in [2.75, 3.05) is 6.61 Å². The molecular weight excluding hydrogens is 272 g/mol. The second kappa shape index (κ2) is 18.1. The maximum atomic E-state index is 11.5. The minimum absolute atomic E-state index is 0.00834. The van der Waals surface area contributed by atoms with Crippen molar-refractivity contribution in [3.8, 4) is 11.8 Å². The molecule has 0 aliphatic heterocycles. The Hall–Kier alpha value is -0.970. The van der Waals surface area contributed by atoms with Crippen molar-refractivity contribution in [3.63, 3.8) is 0 Å². The van der Waals surface area contributed by atoms with Crippen LogP contribution in [0.1, 0.15) is 104 Å². The fourth-order valence-electron chi connectivity index (χ4n) is 2.37. The standard InChI is InChI=1S/C20H36O2/c1-3-5-7-9-10-11-12-13-15-17-19-22-20(21)18-16-14-8-6-4-2/h3-4,6,8-19H2,1-2H3. The first-order valence-corrected chi connectivity index (χ1v) is 9.42. The van der Waals surface area contributed by atoms with Crippen molar-refractivity contribution in [3.05, 3.63) is 0 Å². The molecule has 0 bridgehead atoms. The van der Waals surface area contributed by atoms with E-state index < -0.39 is 0 Å². The van der Waals surface area contributed by atoms with Gasteiger partial charge in [0.1, 0.15) is 0 Å². The summed E-state index contributed by atoms with van der Waals surface area (Å²) in [7, 11) is 0. The molecule has 22 heavy (non-hydrogen) atoms. The van der Waals surface area contributed by atoms with Crippen LogP contribution in [0.3, 0.4) is 0 Å². The van der Waals surface area contributed by atoms with Gasteiger partial charge in [0.15, 0.2) is 0 Å². The van der Waals surface area contributed by atoms with E-state index in [1.54, 1.807) is 0 Å². The third kappa shape index (κ3) is 17.1. The van der Waals surface area contributed by atoms with Gasteiger partial charge >= 0.3 is 5.97 Å². The smallest absolute Gasteiger partial charge is 0.305 e. The van der Waals surface area contributed by atoms with Crippen LogP contribution in [0.15, 0.2) is 0 Å². The van der Waals surface area contributed by atoms with Crippen LogP contribution in [-0.2, 0) is 9.53 Å². The number of ether oxygens (including phenoxy) is 1. The summed E-state index contributed by atoms with van der Waals surface area (Å²) in [6.07, 6.45) is 15.7. The summed E-state index contributed by atoms with van der Waals surface area (Å²) in [4.78, 5) is 11.5. The summed E-state index contributed by atoms with van der Waals surface area (Å²) < 4.78 is 5.26. The Labute approximate surface area is 138 Å². The van der Waals surface area contributed by atoms with Gasteiger partial charge in [0, 0.05) is 19.3 Å². The van der Waals surface area contributed by atoms with Crippen molar-refractivity contribution in [2.45, 2.75) is 104 Å². The first-order chi connectivity index (χ1) is 10.8. The van der Waals surface area contributed by atoms with Crippen LogP contribution in [-0.4, -0.2) is 12.6 Å². The molecule has 0 radical (unpaired) electrons. The van der Waals surface area contributed by atoms with Crippen molar-refractivity contribution in [1.82, 2.24) is 0 Å². The summed E-state index contributed by atoms with van der Waals surface area (Å²) in [5.41, 5.74) is 0. The minimum Gasteiger partial charge on any atom is -0.466 e. The molecule has 0 amide bonds. The highest BCUT2D eigenvalue weighted by Gasteiger charge is 2.02. The predicted molar refractivity (Wildman–Crippen MR) is 94.7 cm³/mol. The summed E-state index contributed by atoms with van der Waals surface area (Å²) in [6, 6.07) is 0. The zero-order chi connectivity index (χ0) is 16.3. The molecule has 0 unspecified atom stereocenters. The summed E-state index contributed by atoms with van der Waals surface area (Å²) in [5, 5.41) is 0. The van der Waals surface area contributed by atoms with Crippen LogP contribution in [0, 0.1) is 11.8 Å². The van der Waals surface area contributed by atoms with Gasteiger partial charge in [0.05, 0.1) is 6.61 Å². The molecule has 0 spiro atoms. The second-order valence-electron chi connectivity index (χ2n) is 5.96. The van der Waals surface area contributed by atoms with Gasteiger partial charge in [0.2, 0.25) is 0 Å². The lowest BCUT2D eigenvalue weighted by Crippen LogP contribution is -2.05. The van der Waals surface area contributed by atoms with Crippen LogP contribution in [0.5, 0.6) is 0 Å². The van der Waals surface area contributed by atoms with Crippen LogP contribution in [0.25, 0.3) is 0 Å². The number of carbonyl (C=O) groups is 1. The summed E-state index contributed by atoms with van der Waals surface area (Å²) >= 11 is 0. The van der Waals surface area contributed by atoms with E-state index in [0.717, 1.165) is 32.1 Å². The topological polar surface area (TPSA) is 26.3 Å². The molecule has 0 aromatic rings. The first kappa shape index (κ1) is 21.0. The van der Waals surface area contributed by atoms with E-state index in [4.69, 9.17) is 4.74 Å². The molecule has 0 N–H and O–H groups in total. The van der Waals surface area contributed by atoms with E-state index in [1.807, 2.05) is 0 Å². The van der Waals surface area contributed by atoms with Gasteiger partial charge in [-0.2, -0.15) is 0 Å². The average Bonchev–Trinajstić information content (AvgIpc) is 2.52. The molecule has 0 fully saturated rings. The van der Waals surface area contributed by atoms with Crippen LogP contribution < -0.4 is 0 Å². The minimum atomic E-state index is -0.00834. The molecule has 0 aliphatic rings. The maximum Gasteiger partial charge on any atom is 0.305 e. The zero-order valence-electron chi connectivity index (χ0n) is 14.9. The largest absolute Gasteiger partial charge is 0.466 e. The van der Waals surface area contributed by atoms with Crippen LogP contribution in [0.2, 0.25) is 0 Å². The molecule has 128 valence electrons. The Morgan fingerprint density at radius 1 is 0.773 bits per heavy atom. The number of esters is 1. The monoisotopic (exact) mass is 308 g/mol. The van der Waals surface area contributed by atoms with Gasteiger partial charge in [0.25, 0.3) is 0 Å². The molecular formula is C20H36O2. The van der Waals surface area contributed by atoms with Crippen LogP contribution >= 0.6 is 0 Å². The quantitative estimate of drug-likeness (QED) is 0.222. The van der Waals surface area contributed by atoms with Crippen LogP contribution in [0.4, 0.5) is 0 Å². The van der Waals surface area contributed by atoms with E-state index in [1.165, 1.54) is 51.4 Å². The Kier molecular flexibility index (Phi) is 17.3. The highest BCUT2D eigenvalue weighted by molar-refractivity contribution is 5.69. The lowest BCUT2D eigenvalue weighted by atomic mass is 10.1. The highest BCUT2D eigenvalue weighted by Crippen LogP contribution is 2.08. The number of hydrogen-bond acceptors (Lipinski definition) is 2. The Bertz CT molecular complexity index is 299. The Morgan fingerprint density at radius 2 is 1.41 bits per heavy atom. The fourth-order valence-corrected chi connectivity index (χ4v) is 2.37. The molecule has 0 aliphatic carbocycles. The highest BCUT2D eigenvalue weighted by atomic mass is 16.5. The molecule has 2 heteroatoms. The predicted octanol–water partition coefficient (Wildman–Crippen LogP) is 6.03. The molecule has 0 rings (SSSR count). The summed E-state index contributed by atoms with van der Waals surface area (Å²) in [6.45, 7) is 4.90. The van der Waals surface area contributed by atoms with Gasteiger partial charge < -0.3 is 4.74 Å². The van der Waals surface area contributed by atoms with Crippen molar-refractivity contribution in [2.24, 2.45) is 0 Å². The van der Waals surface area contributed by atoms with E-state index >= 15 is 0 Å². The van der Waals surface area contributed by atoms with Gasteiger partial charge in [-0.15, -0.1) is 11.8 Å². The molecule has 0 atom stereocenters. The molecule has 2 nitrogen and oxygen atoms in total. The second-order valence-corrected chi connectivity index (χ2v) is 5.96. The molecule has 0 saturated heterocycles. The lowest BCUT2D eigenvalue weighted by Gasteiger charge is -2.05. The van der Waals surface area contributed by atoms with Gasteiger partial charge in [-0.05, 0) is 19.3 Å². The van der Waals surface area contributed by atoms with E-state index in [2.05, 4.69) is 25.7 Å². The third-order valence-electron chi connectivity index (χ3n) is 3.75. The van der Waals surface area contributed by atoms with E-state index in [9.17, 15) is 4.79 Å². The van der Waals surface area contributed by atoms with Crippen molar-refractivity contribution >= 4 is 5.97 Å². The Balaban J connectivity index is 3.16. The van der Waals surface area contributed by atoms with Gasteiger partial charge in [-0.1, -0.05) is 65.2 Å². The van der Waals surface area contributed by atoms with E-state index in [0.29, 0.717) is 13.0 Å². The normalized spacial score (nSPS) is 10.1. The Morgan fingerprint density at radius 3 is 2.14 bits per heavy atom. The fraction of sp³-hybridized carbons (Fsp3) is 0.850. The molecule has 0 aromatic heterocycles. The van der Waals surface area contributed by atoms with Crippen molar-refractivity contribution in [1.29, 1.82) is 0 Å². The number of carbonyl (C=O) groups excluding carboxylic acids is 1. The van der Waals surface area contributed by atoms with Crippen molar-refractivity contribution < 1.29 is 9.53 Å². The number of rotatable bonds is 14.